The number of amides is 1. The molecule has 2 heterocycles. The first-order valence-electron chi connectivity index (χ1n) is 12.8. The number of nitrogens with one attached hydrogen (secondary N) is 2. The average molecular weight is 527 g/mol. The van der Waals surface area contributed by atoms with Gasteiger partial charge in [0.15, 0.2) is 28.5 Å². The summed E-state index contributed by atoms with van der Waals surface area (Å²) in [5, 5.41) is 37.7. The van der Waals surface area contributed by atoms with E-state index >= 15 is 0 Å². The number of fused-ring (bicyclic) bond motifs is 2. The molecule has 0 unspecified atom stereocenters. The van der Waals surface area contributed by atoms with Crippen LogP contribution in [0.1, 0.15) is 31.9 Å². The monoisotopic (exact) mass is 526 g/mol. The highest BCUT2D eigenvalue weighted by Gasteiger charge is 2.75. The van der Waals surface area contributed by atoms with Gasteiger partial charge in [-0.15, -0.1) is 0 Å². The number of carbonyl (C=O) groups is 1. The van der Waals surface area contributed by atoms with Crippen LogP contribution in [-0.2, 0) is 11.2 Å². The topological polar surface area (TPSA) is 164 Å². The Morgan fingerprint density at radius 2 is 2.08 bits per heavy atom. The first-order chi connectivity index (χ1) is 18.2. The average Bonchev–Trinajstić information content (AvgIpc) is 3.43. The van der Waals surface area contributed by atoms with Crippen molar-refractivity contribution >= 4 is 22.9 Å². The molecule has 2 fully saturated rings. The molecule has 2 aliphatic rings. The number of hydrogen-bond donors (Lipinski definition) is 5. The summed E-state index contributed by atoms with van der Waals surface area (Å²) in [5.41, 5.74) is 0.827. The van der Waals surface area contributed by atoms with E-state index in [9.17, 15) is 20.1 Å². The second-order valence-corrected chi connectivity index (χ2v) is 10.4. The number of imidazole rings is 1. The van der Waals surface area contributed by atoms with E-state index in [1.807, 2.05) is 19.9 Å². The number of methoxy groups -OCH3 is 1. The number of phenolic OH excluding ortho intramolecular Hbond substituents is 1. The number of nitrogens with zero attached hydrogens (tertiary/aromatic N) is 4. The smallest absolute Gasteiger partial charge is 0.320 e. The van der Waals surface area contributed by atoms with Gasteiger partial charge in [-0.2, -0.15) is 9.97 Å². The van der Waals surface area contributed by atoms with Gasteiger partial charge >= 0.3 is 6.01 Å². The van der Waals surface area contributed by atoms with Gasteiger partial charge < -0.3 is 40.0 Å². The maximum Gasteiger partial charge on any atom is 0.320 e. The van der Waals surface area contributed by atoms with Crippen molar-refractivity contribution < 1.29 is 29.6 Å². The molecule has 12 nitrogen and oxygen atoms in total. The highest BCUT2D eigenvalue weighted by Crippen LogP contribution is 2.67. The van der Waals surface area contributed by atoms with Crippen LogP contribution >= 0.6 is 0 Å². The summed E-state index contributed by atoms with van der Waals surface area (Å²) in [7, 11) is 3.03. The molecule has 12 heteroatoms. The predicted octanol–water partition coefficient (Wildman–Crippen LogP) is 1.26. The van der Waals surface area contributed by atoms with Crippen LogP contribution < -0.4 is 20.1 Å². The molecule has 5 rings (SSSR count). The summed E-state index contributed by atoms with van der Waals surface area (Å²) in [4.78, 5) is 26.2. The predicted molar refractivity (Wildman–Crippen MR) is 138 cm³/mol. The summed E-state index contributed by atoms with van der Waals surface area (Å²) in [5.74, 6) is 0.675. The van der Waals surface area contributed by atoms with E-state index in [4.69, 9.17) is 9.47 Å². The third-order valence-corrected chi connectivity index (χ3v) is 7.54. The van der Waals surface area contributed by atoms with Crippen molar-refractivity contribution in [2.24, 2.45) is 17.3 Å². The number of carbonyl (C=O) groups excluding carboxylic acids is 1. The Morgan fingerprint density at radius 3 is 2.76 bits per heavy atom. The summed E-state index contributed by atoms with van der Waals surface area (Å²) >= 11 is 0. The highest BCUT2D eigenvalue weighted by molar-refractivity contribution is 5.88. The molecule has 2 aliphatic carbocycles. The molecule has 2 aromatic heterocycles. The van der Waals surface area contributed by atoms with Crippen LogP contribution in [0, 0.1) is 17.3 Å². The lowest BCUT2D eigenvalue weighted by molar-refractivity contribution is -0.132. The second-order valence-electron chi connectivity index (χ2n) is 10.4. The summed E-state index contributed by atoms with van der Waals surface area (Å²) < 4.78 is 12.7. The van der Waals surface area contributed by atoms with Gasteiger partial charge in [-0.05, 0) is 36.5 Å². The number of aliphatic hydroxyl groups excluding tert-OH is 2. The van der Waals surface area contributed by atoms with E-state index in [1.54, 1.807) is 23.0 Å². The van der Waals surface area contributed by atoms with E-state index in [0.717, 1.165) is 5.56 Å². The van der Waals surface area contributed by atoms with Gasteiger partial charge in [0, 0.05) is 19.5 Å². The minimum atomic E-state index is -1.19. The van der Waals surface area contributed by atoms with Gasteiger partial charge in [0.25, 0.3) is 0 Å². The maximum absolute atomic E-state index is 12.6. The Morgan fingerprint density at radius 1 is 1.29 bits per heavy atom. The number of aromatic hydroxyl groups is 1. The first-order valence-corrected chi connectivity index (χ1v) is 12.8. The molecule has 38 heavy (non-hydrogen) atoms. The molecule has 1 amide bonds. The number of anilines is 1. The van der Waals surface area contributed by atoms with Gasteiger partial charge in [0.1, 0.15) is 6.10 Å². The number of aliphatic hydroxyl groups is 2. The molecule has 204 valence electrons. The molecule has 2 saturated carbocycles. The van der Waals surface area contributed by atoms with Crippen molar-refractivity contribution in [1.82, 2.24) is 24.8 Å². The van der Waals surface area contributed by atoms with Gasteiger partial charge in [-0.3, -0.25) is 4.79 Å². The van der Waals surface area contributed by atoms with Gasteiger partial charge in [0.2, 0.25) is 5.91 Å². The molecular weight excluding hydrogens is 492 g/mol. The minimum absolute atomic E-state index is 0.0720. The maximum atomic E-state index is 12.6. The number of phenols is 1. The normalized spacial score (nSPS) is 25.9. The van der Waals surface area contributed by atoms with E-state index in [1.165, 1.54) is 14.2 Å². The van der Waals surface area contributed by atoms with E-state index in [2.05, 4.69) is 25.6 Å². The Kier molecular flexibility index (Phi) is 6.78. The molecule has 5 N–H and O–H groups in total. The molecule has 0 spiro atoms. The molecule has 0 bridgehead atoms. The lowest BCUT2D eigenvalue weighted by Gasteiger charge is -2.23. The fourth-order valence-corrected chi connectivity index (χ4v) is 5.55. The largest absolute Gasteiger partial charge is 0.504 e. The molecule has 5 atom stereocenters. The fraction of sp³-hybridized carbons (Fsp3) is 0.538. The molecule has 3 aromatic rings. The lowest BCUT2D eigenvalue weighted by Crippen LogP contribution is -2.41. The van der Waals surface area contributed by atoms with Crippen LogP contribution in [0.15, 0.2) is 24.5 Å². The quantitative estimate of drug-likeness (QED) is 0.260. The SMILES string of the molecule is CNC(=O)[C@@]12C[C@@H]1[C@@H](n1cnc3c(NCCc4ccc(OC)c(O)c4)nc(OCC(C)C)nc31)[C@H](O)[C@@H]2O. The first kappa shape index (κ1) is 26.0. The van der Waals surface area contributed by atoms with Crippen LogP contribution in [0.25, 0.3) is 11.2 Å². The van der Waals surface area contributed by atoms with Crippen LogP contribution in [0.3, 0.4) is 0 Å². The molecule has 0 aliphatic heterocycles. The summed E-state index contributed by atoms with van der Waals surface area (Å²) in [6.45, 7) is 4.95. The number of rotatable bonds is 10. The zero-order valence-corrected chi connectivity index (χ0v) is 21.9. The third-order valence-electron chi connectivity index (χ3n) is 7.54. The summed E-state index contributed by atoms with van der Waals surface area (Å²) in [6.07, 6.45) is 0.286. The van der Waals surface area contributed by atoms with Crippen molar-refractivity contribution in [3.05, 3.63) is 30.1 Å². The van der Waals surface area contributed by atoms with Gasteiger partial charge in [-0.1, -0.05) is 19.9 Å². The van der Waals surface area contributed by atoms with Crippen LogP contribution in [0.4, 0.5) is 5.82 Å². The fourth-order valence-electron chi connectivity index (χ4n) is 5.55. The van der Waals surface area contributed by atoms with Crippen LogP contribution in [0.5, 0.6) is 17.5 Å². The Balaban J connectivity index is 1.44. The van der Waals surface area contributed by atoms with E-state index in [0.29, 0.717) is 48.7 Å². The van der Waals surface area contributed by atoms with Crippen molar-refractivity contribution in [1.29, 1.82) is 0 Å². The van der Waals surface area contributed by atoms with E-state index < -0.39 is 23.7 Å². The van der Waals surface area contributed by atoms with Gasteiger partial charge in [0.05, 0.1) is 37.6 Å². The number of benzene rings is 1. The van der Waals surface area contributed by atoms with Crippen molar-refractivity contribution in [2.75, 3.05) is 32.6 Å². The van der Waals surface area contributed by atoms with Crippen molar-refractivity contribution in [3.8, 4) is 17.5 Å². The standard InChI is InChI=1S/C26H34N6O6/c1-13(2)11-38-25-30-22(28-8-7-14-5-6-17(37-4)16(33)9-14)18-23(31-25)32(12-29-18)19-15-10-26(15,24(36)27-3)21(35)20(19)34/h5-6,9,12-13,15,19-21,33-35H,7-8,10-11H2,1-4H3,(H,27,36)(H,28,30,31)/t15-,19-,20+,21+,26+/m1/s1. The second kappa shape index (κ2) is 9.91. The Labute approximate surface area is 220 Å². The molecule has 0 radical (unpaired) electrons. The van der Waals surface area contributed by atoms with Crippen LogP contribution in [-0.4, -0.2) is 80.3 Å². The highest BCUT2D eigenvalue weighted by atomic mass is 16.5. The minimum Gasteiger partial charge on any atom is -0.504 e. The zero-order chi connectivity index (χ0) is 27.2. The molecule has 1 aromatic carbocycles. The van der Waals surface area contributed by atoms with E-state index in [-0.39, 0.29) is 29.5 Å². The Hall–Kier alpha value is -3.64. The molecular formula is C26H34N6O6. The Bertz CT molecular complexity index is 1350. The summed E-state index contributed by atoms with van der Waals surface area (Å²) in [6, 6.07) is 4.84. The van der Waals surface area contributed by atoms with Gasteiger partial charge in [-0.25, -0.2) is 4.98 Å². The number of hydrogen-bond acceptors (Lipinski definition) is 10. The number of ether oxygens (including phenoxy) is 2. The molecule has 0 saturated heterocycles. The van der Waals surface area contributed by atoms with Crippen molar-refractivity contribution in [2.45, 2.75) is 44.9 Å². The third kappa shape index (κ3) is 4.27. The van der Waals surface area contributed by atoms with Crippen LogP contribution in [0.2, 0.25) is 0 Å². The van der Waals surface area contributed by atoms with Crippen molar-refractivity contribution in [3.63, 3.8) is 0 Å². The number of aromatic nitrogens is 4. The zero-order valence-electron chi connectivity index (χ0n) is 21.9. The lowest BCUT2D eigenvalue weighted by atomic mass is 9.98.